The summed E-state index contributed by atoms with van der Waals surface area (Å²) in [6, 6.07) is 7.99. The van der Waals surface area contributed by atoms with Gasteiger partial charge in [-0.25, -0.2) is 14.4 Å². The number of benzene rings is 1. The van der Waals surface area contributed by atoms with Crippen LogP contribution in [0, 0.1) is 12.7 Å². The van der Waals surface area contributed by atoms with E-state index in [0.29, 0.717) is 54.1 Å². The third-order valence-electron chi connectivity index (χ3n) is 5.25. The van der Waals surface area contributed by atoms with E-state index < -0.39 is 5.82 Å². The van der Waals surface area contributed by atoms with E-state index in [1.807, 2.05) is 5.38 Å². The van der Waals surface area contributed by atoms with Crippen LogP contribution in [0.15, 0.2) is 46.4 Å². The maximum Gasteiger partial charge on any atom is 0.259 e. The van der Waals surface area contributed by atoms with Crippen LogP contribution >= 0.6 is 11.3 Å². The van der Waals surface area contributed by atoms with Crippen LogP contribution in [0.5, 0.6) is 0 Å². The number of pyridine rings is 1. The minimum Gasteiger partial charge on any atom is -0.345 e. The zero-order valence-corrected chi connectivity index (χ0v) is 17.0. The van der Waals surface area contributed by atoms with Crippen LogP contribution in [-0.2, 0) is 0 Å². The molecule has 0 aliphatic carbocycles. The molecule has 1 saturated heterocycles. The summed E-state index contributed by atoms with van der Waals surface area (Å²) in [6.45, 7) is 4.32. The maximum absolute atomic E-state index is 14.4. The average molecular weight is 423 g/mol. The molecular formula is C21H18FN5O2S. The SMILES string of the molecule is Cc1noc2nc(-c3ccccc3F)cc(C(=O)N3CCN(c4nccs4)CC3)c12. The molecule has 7 nitrogen and oxygen atoms in total. The summed E-state index contributed by atoms with van der Waals surface area (Å²) < 4.78 is 19.7. The highest BCUT2D eigenvalue weighted by molar-refractivity contribution is 7.13. The molecule has 9 heteroatoms. The van der Waals surface area contributed by atoms with Gasteiger partial charge in [-0.3, -0.25) is 4.79 Å². The minimum atomic E-state index is -0.406. The third-order valence-corrected chi connectivity index (χ3v) is 6.09. The van der Waals surface area contributed by atoms with Crippen molar-refractivity contribution in [2.24, 2.45) is 0 Å². The Morgan fingerprint density at radius 1 is 1.20 bits per heavy atom. The number of amides is 1. The first-order chi connectivity index (χ1) is 14.6. The predicted octanol–water partition coefficient (Wildman–Crippen LogP) is 3.76. The first-order valence-corrected chi connectivity index (χ1v) is 10.5. The quantitative estimate of drug-likeness (QED) is 0.500. The largest absolute Gasteiger partial charge is 0.345 e. The van der Waals surface area contributed by atoms with Crippen LogP contribution in [0.4, 0.5) is 9.52 Å². The topological polar surface area (TPSA) is 75.4 Å². The first-order valence-electron chi connectivity index (χ1n) is 9.57. The Bertz CT molecular complexity index is 1220. The lowest BCUT2D eigenvalue weighted by molar-refractivity contribution is 0.0748. The van der Waals surface area contributed by atoms with Gasteiger partial charge in [-0.15, -0.1) is 11.3 Å². The number of anilines is 1. The smallest absolute Gasteiger partial charge is 0.259 e. The van der Waals surface area contributed by atoms with Crippen molar-refractivity contribution in [2.75, 3.05) is 31.1 Å². The van der Waals surface area contributed by atoms with E-state index in [1.54, 1.807) is 53.6 Å². The molecule has 1 aromatic carbocycles. The van der Waals surface area contributed by atoms with Gasteiger partial charge in [-0.2, -0.15) is 0 Å². The fraction of sp³-hybridized carbons (Fsp3) is 0.238. The van der Waals surface area contributed by atoms with E-state index in [2.05, 4.69) is 20.0 Å². The zero-order chi connectivity index (χ0) is 20.7. The average Bonchev–Trinajstić information content (AvgIpc) is 3.44. The van der Waals surface area contributed by atoms with E-state index in [1.165, 1.54) is 6.07 Å². The number of hydrogen-bond donors (Lipinski definition) is 0. The number of carbonyl (C=O) groups excluding carboxylic acids is 1. The second-order valence-corrected chi connectivity index (χ2v) is 7.95. The van der Waals surface area contributed by atoms with Crippen LogP contribution in [0.2, 0.25) is 0 Å². The van der Waals surface area contributed by atoms with Crippen LogP contribution in [-0.4, -0.2) is 52.1 Å². The summed E-state index contributed by atoms with van der Waals surface area (Å²) in [5.41, 5.74) is 1.91. The normalized spacial score (nSPS) is 14.5. The highest BCUT2D eigenvalue weighted by Gasteiger charge is 2.27. The third kappa shape index (κ3) is 3.21. The Morgan fingerprint density at radius 2 is 2.00 bits per heavy atom. The molecule has 1 amide bonds. The Hall–Kier alpha value is -3.33. The van der Waals surface area contributed by atoms with Crippen molar-refractivity contribution in [3.63, 3.8) is 0 Å². The Labute approximate surface area is 175 Å². The van der Waals surface area contributed by atoms with Gasteiger partial charge >= 0.3 is 0 Å². The summed E-state index contributed by atoms with van der Waals surface area (Å²) in [7, 11) is 0. The molecular weight excluding hydrogens is 405 g/mol. The molecule has 3 aromatic heterocycles. The van der Waals surface area contributed by atoms with Crippen LogP contribution in [0.3, 0.4) is 0 Å². The number of thiazole rings is 1. The summed E-state index contributed by atoms with van der Waals surface area (Å²) in [5, 5.41) is 7.45. The van der Waals surface area contributed by atoms with Gasteiger partial charge < -0.3 is 14.3 Å². The van der Waals surface area contributed by atoms with E-state index in [-0.39, 0.29) is 11.6 Å². The molecule has 30 heavy (non-hydrogen) atoms. The fourth-order valence-corrected chi connectivity index (χ4v) is 4.41. The summed E-state index contributed by atoms with van der Waals surface area (Å²) in [6.07, 6.45) is 1.78. The number of nitrogens with zero attached hydrogens (tertiary/aromatic N) is 5. The van der Waals surface area contributed by atoms with Crippen molar-refractivity contribution in [3.05, 3.63) is 59.0 Å². The number of hydrogen-bond acceptors (Lipinski definition) is 7. The number of halogens is 1. The van der Waals surface area contributed by atoms with E-state index in [4.69, 9.17) is 4.52 Å². The number of aromatic nitrogens is 3. The first kappa shape index (κ1) is 18.7. The standard InChI is InChI=1S/C21H18FN5O2S/c1-13-18-15(20(28)26-7-9-27(10-8-26)21-23-6-11-30-21)12-17(24-19(18)29-25-13)14-4-2-3-5-16(14)22/h2-6,11-12H,7-10H2,1H3. The predicted molar refractivity (Wildman–Crippen MR) is 112 cm³/mol. The molecule has 4 aromatic rings. The van der Waals surface area contributed by atoms with Gasteiger partial charge in [0.05, 0.1) is 22.3 Å². The van der Waals surface area contributed by atoms with Crippen molar-refractivity contribution in [3.8, 4) is 11.3 Å². The van der Waals surface area contributed by atoms with Gasteiger partial charge in [0, 0.05) is 43.3 Å². The molecule has 5 rings (SSSR count). The maximum atomic E-state index is 14.4. The lowest BCUT2D eigenvalue weighted by atomic mass is 10.0. The second-order valence-electron chi connectivity index (χ2n) is 7.08. The second kappa shape index (κ2) is 7.49. The number of carbonyl (C=O) groups is 1. The van der Waals surface area contributed by atoms with E-state index >= 15 is 0 Å². The molecule has 4 heterocycles. The number of rotatable bonds is 3. The van der Waals surface area contributed by atoms with Gasteiger partial charge in [-0.05, 0) is 25.1 Å². The van der Waals surface area contributed by atoms with Crippen molar-refractivity contribution < 1.29 is 13.7 Å². The van der Waals surface area contributed by atoms with Gasteiger partial charge in [0.2, 0.25) is 0 Å². The van der Waals surface area contributed by atoms with Gasteiger partial charge in [0.15, 0.2) is 5.13 Å². The van der Waals surface area contributed by atoms with E-state index in [9.17, 15) is 9.18 Å². The highest BCUT2D eigenvalue weighted by Crippen LogP contribution is 2.29. The molecule has 0 unspecified atom stereocenters. The van der Waals surface area contributed by atoms with Gasteiger partial charge in [0.1, 0.15) is 5.82 Å². The fourth-order valence-electron chi connectivity index (χ4n) is 3.71. The molecule has 152 valence electrons. The lowest BCUT2D eigenvalue weighted by Crippen LogP contribution is -2.48. The minimum absolute atomic E-state index is 0.134. The van der Waals surface area contributed by atoms with Crippen LogP contribution in [0.25, 0.3) is 22.4 Å². The monoisotopic (exact) mass is 423 g/mol. The molecule has 0 bridgehead atoms. The van der Waals surface area contributed by atoms with Gasteiger partial charge in [-0.1, -0.05) is 17.3 Å². The number of piperazine rings is 1. The van der Waals surface area contributed by atoms with Crippen LogP contribution in [0.1, 0.15) is 16.1 Å². The zero-order valence-electron chi connectivity index (χ0n) is 16.2. The molecule has 1 aliphatic rings. The molecule has 0 atom stereocenters. The Morgan fingerprint density at radius 3 is 2.73 bits per heavy atom. The molecule has 1 aliphatic heterocycles. The van der Waals surface area contributed by atoms with Crippen molar-refractivity contribution in [1.82, 2.24) is 20.0 Å². The molecule has 1 fully saturated rings. The Balaban J connectivity index is 1.49. The van der Waals surface area contributed by atoms with Gasteiger partial charge in [0.25, 0.3) is 11.6 Å². The number of fused-ring (bicyclic) bond motifs is 1. The molecule has 0 N–H and O–H groups in total. The van der Waals surface area contributed by atoms with E-state index in [0.717, 1.165) is 5.13 Å². The molecule has 0 radical (unpaired) electrons. The van der Waals surface area contributed by atoms with Crippen molar-refractivity contribution in [1.29, 1.82) is 0 Å². The van der Waals surface area contributed by atoms with Crippen molar-refractivity contribution >= 4 is 33.5 Å². The Kier molecular flexibility index (Phi) is 4.66. The highest BCUT2D eigenvalue weighted by atomic mass is 32.1. The summed E-state index contributed by atoms with van der Waals surface area (Å²) in [4.78, 5) is 26.2. The van der Waals surface area contributed by atoms with Crippen molar-refractivity contribution in [2.45, 2.75) is 6.92 Å². The molecule has 0 spiro atoms. The van der Waals surface area contributed by atoms with Crippen LogP contribution < -0.4 is 4.90 Å². The number of aryl methyl sites for hydroxylation is 1. The summed E-state index contributed by atoms with van der Waals surface area (Å²) in [5.74, 6) is -0.541. The molecule has 0 saturated carbocycles. The summed E-state index contributed by atoms with van der Waals surface area (Å²) >= 11 is 1.59. The lowest BCUT2D eigenvalue weighted by Gasteiger charge is -2.34.